The van der Waals surface area contributed by atoms with E-state index in [4.69, 9.17) is 27.9 Å². The Balaban J connectivity index is 1.78. The Kier molecular flexibility index (Phi) is 7.24. The van der Waals surface area contributed by atoms with Crippen LogP contribution in [0.3, 0.4) is 0 Å². The number of halogens is 4. The predicted octanol–water partition coefficient (Wildman–Crippen LogP) is 6.40. The monoisotopic (exact) mass is 458 g/mol. The van der Waals surface area contributed by atoms with Crippen molar-refractivity contribution in [1.29, 1.82) is 5.26 Å². The third kappa shape index (κ3) is 5.82. The molecule has 0 saturated heterocycles. The molecule has 8 heteroatoms. The smallest absolute Gasteiger partial charge is 0.266 e. The molecule has 3 aromatic rings. The number of carbonyl (C=O) groups excluding carboxylic acids is 1. The molecule has 0 bridgehead atoms. The van der Waals surface area contributed by atoms with Crippen molar-refractivity contribution in [2.45, 2.75) is 6.61 Å². The molecule has 0 unspecified atom stereocenters. The molecule has 3 rings (SSSR count). The van der Waals surface area contributed by atoms with Crippen LogP contribution in [0.4, 0.5) is 14.5 Å². The van der Waals surface area contributed by atoms with E-state index < -0.39 is 11.7 Å². The van der Waals surface area contributed by atoms with E-state index in [0.717, 1.165) is 0 Å². The zero-order valence-electron chi connectivity index (χ0n) is 15.8. The van der Waals surface area contributed by atoms with Gasteiger partial charge in [0, 0.05) is 0 Å². The van der Waals surface area contributed by atoms with Crippen LogP contribution < -0.4 is 10.1 Å². The number of para-hydroxylation sites is 1. The summed E-state index contributed by atoms with van der Waals surface area (Å²) in [7, 11) is 0. The molecule has 0 fully saturated rings. The molecular weight excluding hydrogens is 445 g/mol. The second-order valence-corrected chi connectivity index (χ2v) is 7.15. The Bertz CT molecular complexity index is 1170. The fraction of sp³-hybridized carbons (Fsp3) is 0.0435. The number of nitriles is 1. The molecule has 3 aromatic carbocycles. The van der Waals surface area contributed by atoms with Crippen molar-refractivity contribution in [2.75, 3.05) is 5.32 Å². The molecule has 4 nitrogen and oxygen atoms in total. The fourth-order valence-corrected chi connectivity index (χ4v) is 3.22. The van der Waals surface area contributed by atoms with Crippen LogP contribution in [-0.2, 0) is 11.4 Å². The van der Waals surface area contributed by atoms with Crippen molar-refractivity contribution in [1.82, 2.24) is 0 Å². The molecule has 31 heavy (non-hydrogen) atoms. The average molecular weight is 459 g/mol. The molecule has 156 valence electrons. The third-order valence-electron chi connectivity index (χ3n) is 4.12. The van der Waals surface area contributed by atoms with Crippen LogP contribution in [-0.4, -0.2) is 5.91 Å². The second kappa shape index (κ2) is 10.1. The van der Waals surface area contributed by atoms with Crippen molar-refractivity contribution in [3.05, 3.63) is 99.0 Å². The lowest BCUT2D eigenvalue weighted by molar-refractivity contribution is -0.112. The van der Waals surface area contributed by atoms with Gasteiger partial charge in [0.25, 0.3) is 5.91 Å². The first-order valence-corrected chi connectivity index (χ1v) is 9.67. The average Bonchev–Trinajstić information content (AvgIpc) is 2.74. The number of anilines is 1. The Morgan fingerprint density at radius 3 is 2.32 bits per heavy atom. The predicted molar refractivity (Wildman–Crippen MR) is 116 cm³/mol. The maximum absolute atomic E-state index is 13.7. The molecule has 0 aromatic heterocycles. The van der Waals surface area contributed by atoms with Crippen molar-refractivity contribution in [3.8, 4) is 11.8 Å². The highest BCUT2D eigenvalue weighted by Crippen LogP contribution is 2.35. The summed E-state index contributed by atoms with van der Waals surface area (Å²) in [5, 5.41) is 12.0. The first-order valence-electron chi connectivity index (χ1n) is 8.91. The van der Waals surface area contributed by atoms with Gasteiger partial charge in [0.2, 0.25) is 0 Å². The molecule has 0 atom stereocenters. The zero-order valence-corrected chi connectivity index (χ0v) is 17.3. The van der Waals surface area contributed by atoms with Crippen LogP contribution in [0.5, 0.6) is 5.75 Å². The summed E-state index contributed by atoms with van der Waals surface area (Å²) in [5.41, 5.74) is 0.781. The number of benzene rings is 3. The first-order chi connectivity index (χ1) is 14.9. The highest BCUT2D eigenvalue weighted by Gasteiger charge is 2.14. The summed E-state index contributed by atoms with van der Waals surface area (Å²) in [6.07, 6.45) is 1.28. The SMILES string of the molecule is N#C/C(=C/c1cc(Cl)c(OCc2ccc(F)cc2)c(Cl)c1)C(=O)Nc1ccccc1F. The summed E-state index contributed by atoms with van der Waals surface area (Å²) in [5.74, 6) is -1.55. The largest absolute Gasteiger partial charge is 0.486 e. The van der Waals surface area contributed by atoms with Crippen molar-refractivity contribution in [2.24, 2.45) is 0 Å². The van der Waals surface area contributed by atoms with E-state index >= 15 is 0 Å². The van der Waals surface area contributed by atoms with Gasteiger partial charge in [-0.2, -0.15) is 5.26 Å². The number of hydrogen-bond donors (Lipinski definition) is 1. The molecule has 0 radical (unpaired) electrons. The van der Waals surface area contributed by atoms with Crippen LogP contribution in [0.15, 0.2) is 66.2 Å². The van der Waals surface area contributed by atoms with E-state index in [1.54, 1.807) is 24.3 Å². The van der Waals surface area contributed by atoms with E-state index in [0.29, 0.717) is 11.1 Å². The minimum Gasteiger partial charge on any atom is -0.486 e. The van der Waals surface area contributed by atoms with Crippen molar-refractivity contribution >= 4 is 40.9 Å². The lowest BCUT2D eigenvalue weighted by Gasteiger charge is -2.11. The normalized spacial score (nSPS) is 11.0. The van der Waals surface area contributed by atoms with Crippen LogP contribution in [0.1, 0.15) is 11.1 Å². The van der Waals surface area contributed by atoms with Gasteiger partial charge in [-0.1, -0.05) is 47.5 Å². The lowest BCUT2D eigenvalue weighted by atomic mass is 10.1. The summed E-state index contributed by atoms with van der Waals surface area (Å²) in [6, 6.07) is 16.1. The molecule has 0 aliphatic rings. The van der Waals surface area contributed by atoms with Gasteiger partial charge in [-0.15, -0.1) is 0 Å². The minimum atomic E-state index is -0.781. The summed E-state index contributed by atoms with van der Waals surface area (Å²) in [4.78, 5) is 12.3. The van der Waals surface area contributed by atoms with Crippen LogP contribution in [0.2, 0.25) is 10.0 Å². The zero-order chi connectivity index (χ0) is 22.4. The number of nitrogens with one attached hydrogen (secondary N) is 1. The molecular formula is C23H14Cl2F2N2O2. The van der Waals surface area contributed by atoms with Gasteiger partial charge in [-0.25, -0.2) is 8.78 Å². The van der Waals surface area contributed by atoms with Gasteiger partial charge in [-0.05, 0) is 53.6 Å². The molecule has 0 aliphatic carbocycles. The number of nitrogens with zero attached hydrogens (tertiary/aromatic N) is 1. The van der Waals surface area contributed by atoms with Gasteiger partial charge in [0.1, 0.15) is 29.9 Å². The summed E-state index contributed by atoms with van der Waals surface area (Å²) >= 11 is 12.5. The maximum Gasteiger partial charge on any atom is 0.266 e. The minimum absolute atomic E-state index is 0.0470. The van der Waals surface area contributed by atoms with Crippen LogP contribution in [0, 0.1) is 23.0 Å². The van der Waals surface area contributed by atoms with Crippen molar-refractivity contribution in [3.63, 3.8) is 0 Å². The Labute approximate surface area is 187 Å². The Hall–Kier alpha value is -3.40. The highest BCUT2D eigenvalue weighted by molar-refractivity contribution is 6.37. The molecule has 0 aliphatic heterocycles. The second-order valence-electron chi connectivity index (χ2n) is 6.33. The molecule has 0 heterocycles. The van der Waals surface area contributed by atoms with E-state index in [-0.39, 0.29) is 39.5 Å². The topological polar surface area (TPSA) is 62.1 Å². The molecule has 1 N–H and O–H groups in total. The Morgan fingerprint density at radius 2 is 1.71 bits per heavy atom. The Morgan fingerprint density at radius 1 is 1.06 bits per heavy atom. The van der Waals surface area contributed by atoms with Gasteiger partial charge >= 0.3 is 0 Å². The van der Waals surface area contributed by atoms with E-state index in [2.05, 4.69) is 5.32 Å². The maximum atomic E-state index is 13.7. The molecule has 0 saturated carbocycles. The van der Waals surface area contributed by atoms with Crippen molar-refractivity contribution < 1.29 is 18.3 Å². The number of carbonyl (C=O) groups is 1. The number of rotatable bonds is 6. The molecule has 1 amide bonds. The van der Waals surface area contributed by atoms with E-state index in [9.17, 15) is 18.8 Å². The van der Waals surface area contributed by atoms with Crippen LogP contribution >= 0.6 is 23.2 Å². The number of amides is 1. The van der Waals surface area contributed by atoms with Gasteiger partial charge in [-0.3, -0.25) is 4.79 Å². The molecule has 0 spiro atoms. The quantitative estimate of drug-likeness (QED) is 0.343. The standard InChI is InChI=1S/C23H14Cl2F2N2O2/c24-18-10-15(9-16(12-28)23(30)29-21-4-2-1-3-20(21)27)11-19(25)22(18)31-13-14-5-7-17(26)8-6-14/h1-11H,13H2,(H,29,30)/b16-9-. The van der Waals surface area contributed by atoms with Gasteiger partial charge < -0.3 is 10.1 Å². The summed E-state index contributed by atoms with van der Waals surface area (Å²) in [6.45, 7) is 0.114. The van der Waals surface area contributed by atoms with Gasteiger partial charge in [0.15, 0.2) is 5.75 Å². The fourth-order valence-electron chi connectivity index (χ4n) is 2.60. The van der Waals surface area contributed by atoms with Crippen LogP contribution in [0.25, 0.3) is 6.08 Å². The first kappa shape index (κ1) is 22.3. The van der Waals surface area contributed by atoms with Gasteiger partial charge in [0.05, 0.1) is 15.7 Å². The number of hydrogen-bond acceptors (Lipinski definition) is 3. The van der Waals surface area contributed by atoms with E-state index in [1.807, 2.05) is 0 Å². The third-order valence-corrected chi connectivity index (χ3v) is 4.68. The van der Waals surface area contributed by atoms with E-state index in [1.165, 1.54) is 48.5 Å². The number of ether oxygens (including phenoxy) is 1. The lowest BCUT2D eigenvalue weighted by Crippen LogP contribution is -2.14. The highest BCUT2D eigenvalue weighted by atomic mass is 35.5. The summed E-state index contributed by atoms with van der Waals surface area (Å²) < 4.78 is 32.3.